The van der Waals surface area contributed by atoms with Crippen molar-refractivity contribution in [3.63, 3.8) is 0 Å². The van der Waals surface area contributed by atoms with Crippen LogP contribution in [0.2, 0.25) is 0 Å². The third kappa shape index (κ3) is 12.5. The van der Waals surface area contributed by atoms with Gasteiger partial charge in [0.1, 0.15) is 41.8 Å². The van der Waals surface area contributed by atoms with Gasteiger partial charge < -0.3 is 34.9 Å². The number of amides is 3. The Morgan fingerprint density at radius 3 is 2.27 bits per heavy atom. The molecule has 3 aromatic rings. The maximum absolute atomic E-state index is 14.4. The lowest BCUT2D eigenvalue weighted by Crippen LogP contribution is -2.55. The highest BCUT2D eigenvalue weighted by Crippen LogP contribution is 2.37. The summed E-state index contributed by atoms with van der Waals surface area (Å²) in [6.45, 7) is 12.5. The van der Waals surface area contributed by atoms with E-state index in [1.54, 1.807) is 60.8 Å². The molecule has 3 N–H and O–H groups in total. The van der Waals surface area contributed by atoms with E-state index in [0.29, 0.717) is 53.5 Å². The van der Waals surface area contributed by atoms with E-state index in [4.69, 9.17) is 23.9 Å². The number of methoxy groups -OCH3 is 1. The zero-order chi connectivity index (χ0) is 43.6. The molecule has 0 radical (unpaired) electrons. The molecule has 2 aliphatic rings. The summed E-state index contributed by atoms with van der Waals surface area (Å²) in [7, 11) is 1.58. The van der Waals surface area contributed by atoms with Gasteiger partial charge in [-0.15, -0.1) is 0 Å². The van der Waals surface area contributed by atoms with Gasteiger partial charge in [0, 0.05) is 35.1 Å². The molecule has 0 unspecified atom stereocenters. The molecule has 4 atom stereocenters. The van der Waals surface area contributed by atoms with E-state index < -0.39 is 64.8 Å². The van der Waals surface area contributed by atoms with Crippen molar-refractivity contribution in [3.05, 3.63) is 66.2 Å². The summed E-state index contributed by atoms with van der Waals surface area (Å²) in [4.78, 5) is 73.1. The van der Waals surface area contributed by atoms with E-state index in [9.17, 15) is 24.0 Å². The summed E-state index contributed by atoms with van der Waals surface area (Å²) in [5, 5.41) is 9.05. The fraction of sp³-hybridized carbons (Fsp3) is 0.532. The Labute approximate surface area is 353 Å². The van der Waals surface area contributed by atoms with Crippen molar-refractivity contribution in [3.8, 4) is 22.8 Å². The van der Waals surface area contributed by atoms with Crippen molar-refractivity contribution in [2.75, 3.05) is 20.3 Å². The molecule has 13 nitrogen and oxygen atoms in total. The highest BCUT2D eigenvalue weighted by atomic mass is 16.6. The monoisotopic (exact) mass is 826 g/mol. The predicted octanol–water partition coefficient (Wildman–Crippen LogP) is 7.00. The Kier molecular flexibility index (Phi) is 15.4. The van der Waals surface area contributed by atoms with Crippen molar-refractivity contribution >= 4 is 40.6 Å². The summed E-state index contributed by atoms with van der Waals surface area (Å²) in [5.41, 5.74) is 0.629. The Hall–Kier alpha value is -5.46. The van der Waals surface area contributed by atoms with Crippen LogP contribution in [-0.4, -0.2) is 78.7 Å². The van der Waals surface area contributed by atoms with E-state index in [1.165, 1.54) is 6.42 Å². The van der Waals surface area contributed by atoms with Crippen molar-refractivity contribution in [1.82, 2.24) is 20.9 Å². The summed E-state index contributed by atoms with van der Waals surface area (Å²) >= 11 is 0. The Bertz CT molecular complexity index is 2030. The minimum absolute atomic E-state index is 0.0571. The highest BCUT2D eigenvalue weighted by Gasteiger charge is 2.41. The number of carbonyl (C=O) groups excluding carboxylic acids is 5. The number of rotatable bonds is 16. The fourth-order valence-electron chi connectivity index (χ4n) is 7.58. The first-order valence-corrected chi connectivity index (χ1v) is 21.2. The minimum Gasteiger partial charge on any atom is -0.497 e. The first-order chi connectivity index (χ1) is 28.4. The number of fused-ring (bicyclic) bond motifs is 1. The van der Waals surface area contributed by atoms with Gasteiger partial charge in [-0.2, -0.15) is 0 Å². The number of hydrogen-bond acceptors (Lipinski definition) is 10. The molecule has 3 amide bonds. The largest absolute Gasteiger partial charge is 0.497 e. The zero-order valence-corrected chi connectivity index (χ0v) is 36.4. The molecule has 2 aliphatic carbocycles. The first-order valence-electron chi connectivity index (χ1n) is 21.2. The predicted molar refractivity (Wildman–Crippen MR) is 229 cm³/mol. The van der Waals surface area contributed by atoms with E-state index in [2.05, 4.69) is 16.0 Å². The van der Waals surface area contributed by atoms with Gasteiger partial charge in [0.2, 0.25) is 17.7 Å². The molecule has 1 saturated carbocycles. The van der Waals surface area contributed by atoms with Crippen LogP contribution in [0.25, 0.3) is 22.2 Å². The third-order valence-corrected chi connectivity index (χ3v) is 10.7. The molecule has 0 aliphatic heterocycles. The van der Waals surface area contributed by atoms with Crippen LogP contribution in [0.5, 0.6) is 11.5 Å². The number of esters is 2. The highest BCUT2D eigenvalue weighted by molar-refractivity contribution is 6.03. The average molecular weight is 827 g/mol. The second kappa shape index (κ2) is 20.2. The molecule has 0 spiro atoms. The first kappa shape index (κ1) is 45.6. The van der Waals surface area contributed by atoms with Crippen LogP contribution in [-0.2, 0) is 33.4 Å². The van der Waals surface area contributed by atoms with Crippen molar-refractivity contribution < 1.29 is 42.9 Å². The van der Waals surface area contributed by atoms with Crippen LogP contribution < -0.4 is 25.4 Å². The summed E-state index contributed by atoms with van der Waals surface area (Å²) in [6, 6.07) is 14.9. The quantitative estimate of drug-likeness (QED) is 0.128. The van der Waals surface area contributed by atoms with Crippen molar-refractivity contribution in [2.45, 2.75) is 124 Å². The number of pyridine rings is 1. The molecule has 0 bridgehead atoms. The van der Waals surface area contributed by atoms with Gasteiger partial charge in [0.25, 0.3) is 0 Å². The Morgan fingerprint density at radius 1 is 0.900 bits per heavy atom. The molecule has 1 heterocycles. The SMILES string of the molecule is CCC[C@H](NC(=O)[C@H]1C[C@H](Oc2cc(-c3ccccc3)nc3cc(OC)ccc23)C=C1C(=O)N[C@@H](C(=O)NCC(=O)OCC1CCCCC1)C(C)(C)C)C(=O)OC(C)(C)C. The number of benzene rings is 2. The molecule has 60 heavy (non-hydrogen) atoms. The smallest absolute Gasteiger partial charge is 0.329 e. The average Bonchev–Trinajstić information content (AvgIpc) is 3.64. The van der Waals surface area contributed by atoms with E-state index in [0.717, 1.165) is 31.2 Å². The van der Waals surface area contributed by atoms with Gasteiger partial charge in [-0.05, 0) is 69.6 Å². The standard InChI is InChI=1S/C47H62N4O9/c1-9-16-36(45(56)60-47(5,6)7)50-42(53)34-23-32(59-39-26-37(30-19-14-11-15-20-30)49-38-25-31(57-8)21-22-33(38)39)24-35(34)43(54)51-41(46(2,3)4)44(55)48-27-40(52)58-28-29-17-12-10-13-18-29/h11,14-15,19-22,24-26,29,32,34,36,41H,9-10,12-13,16-18,23,27-28H2,1-8H3,(H,48,55)(H,50,53)(H,51,54)/t32-,34-,36-,41-/m0/s1. The molecule has 1 fully saturated rings. The third-order valence-electron chi connectivity index (χ3n) is 10.7. The lowest BCUT2D eigenvalue weighted by Gasteiger charge is -2.31. The second-order valence-corrected chi connectivity index (χ2v) is 17.9. The number of ether oxygens (including phenoxy) is 4. The molecule has 1 aromatic heterocycles. The number of nitrogens with zero attached hydrogens (tertiary/aromatic N) is 1. The van der Waals surface area contributed by atoms with Crippen molar-refractivity contribution in [1.29, 1.82) is 0 Å². The molecule has 13 heteroatoms. The van der Waals surface area contributed by atoms with Crippen LogP contribution in [0.1, 0.15) is 99.8 Å². The molecule has 324 valence electrons. The van der Waals surface area contributed by atoms with E-state index in [-0.39, 0.29) is 18.5 Å². The van der Waals surface area contributed by atoms with Crippen molar-refractivity contribution in [2.24, 2.45) is 17.3 Å². The normalized spacial score (nSPS) is 18.1. The lowest BCUT2D eigenvalue weighted by atomic mass is 9.85. The van der Waals surface area contributed by atoms with Crippen LogP contribution in [0.15, 0.2) is 66.2 Å². The molecule has 0 saturated heterocycles. The van der Waals surface area contributed by atoms with Gasteiger partial charge in [-0.1, -0.05) is 83.7 Å². The summed E-state index contributed by atoms with van der Waals surface area (Å²) in [5.74, 6) is -2.56. The number of nitrogens with one attached hydrogen (secondary N) is 3. The topological polar surface area (TPSA) is 171 Å². The maximum atomic E-state index is 14.4. The number of hydrogen-bond donors (Lipinski definition) is 3. The second-order valence-electron chi connectivity index (χ2n) is 17.9. The minimum atomic E-state index is -1.09. The zero-order valence-electron chi connectivity index (χ0n) is 36.4. The fourth-order valence-corrected chi connectivity index (χ4v) is 7.58. The maximum Gasteiger partial charge on any atom is 0.329 e. The summed E-state index contributed by atoms with van der Waals surface area (Å²) in [6.07, 6.45) is 7.25. The van der Waals surface area contributed by atoms with Crippen LogP contribution in [0.3, 0.4) is 0 Å². The van der Waals surface area contributed by atoms with Crippen LogP contribution in [0, 0.1) is 17.3 Å². The van der Waals surface area contributed by atoms with Crippen LogP contribution >= 0.6 is 0 Å². The lowest BCUT2D eigenvalue weighted by molar-refractivity contribution is -0.159. The Balaban J connectivity index is 1.42. The van der Waals surface area contributed by atoms with Gasteiger partial charge >= 0.3 is 11.9 Å². The Morgan fingerprint density at radius 2 is 1.62 bits per heavy atom. The molecular weight excluding hydrogens is 765 g/mol. The molecule has 5 rings (SSSR count). The number of carbonyl (C=O) groups is 5. The number of aromatic nitrogens is 1. The van der Waals surface area contributed by atoms with Crippen LogP contribution in [0.4, 0.5) is 0 Å². The van der Waals surface area contributed by atoms with Gasteiger partial charge in [0.05, 0.1) is 30.8 Å². The molecule has 2 aromatic carbocycles. The van der Waals surface area contributed by atoms with Gasteiger partial charge in [-0.3, -0.25) is 19.2 Å². The summed E-state index contributed by atoms with van der Waals surface area (Å²) < 4.78 is 23.3. The van der Waals surface area contributed by atoms with E-state index >= 15 is 0 Å². The van der Waals surface area contributed by atoms with E-state index in [1.807, 2.05) is 55.5 Å². The molecular formula is C47H62N4O9. The van der Waals surface area contributed by atoms with Gasteiger partial charge in [0.15, 0.2) is 0 Å². The van der Waals surface area contributed by atoms with Gasteiger partial charge in [-0.25, -0.2) is 9.78 Å².